The van der Waals surface area contributed by atoms with Gasteiger partial charge in [-0.1, -0.05) is 0 Å². The van der Waals surface area contributed by atoms with Crippen molar-refractivity contribution in [1.29, 1.82) is 0 Å². The number of hydrogen-bond acceptors (Lipinski definition) is 7. The van der Waals surface area contributed by atoms with Crippen LogP contribution in [0, 0.1) is 0 Å². The zero-order valence-corrected chi connectivity index (χ0v) is 16.6. The van der Waals surface area contributed by atoms with Gasteiger partial charge in [0.1, 0.15) is 0 Å². The first-order valence-electron chi connectivity index (χ1n) is 9.11. The molecule has 2 N–H and O–H groups in total. The molecule has 0 aromatic heterocycles. The average molecular weight is 366 g/mol. The Morgan fingerprint density at radius 1 is 0.520 bits per heavy atom. The van der Waals surface area contributed by atoms with Crippen molar-refractivity contribution in [3.05, 3.63) is 0 Å². The lowest BCUT2D eigenvalue weighted by molar-refractivity contribution is -0.100. The number of rotatable bonds is 16. The standard InChI is InChI=1S/C18H38O7/c1-13(20)8-21-15(3)10-23-17(5)12-25-18(6)11-24-16(4)9-22-14(2)7-19/h13-20H,7-12H2,1-6H3/t13-,14-,15+,16-,17-,18-/m1/s1. The summed E-state index contributed by atoms with van der Waals surface area (Å²) in [6.45, 7) is 13.4. The van der Waals surface area contributed by atoms with Gasteiger partial charge in [0, 0.05) is 0 Å². The molecule has 6 atom stereocenters. The number of ether oxygens (including phenoxy) is 5. The third kappa shape index (κ3) is 15.7. The van der Waals surface area contributed by atoms with Crippen LogP contribution in [0.1, 0.15) is 41.5 Å². The normalized spacial score (nSPS) is 19.2. The van der Waals surface area contributed by atoms with Crippen molar-refractivity contribution in [3.8, 4) is 0 Å². The van der Waals surface area contributed by atoms with Gasteiger partial charge in [-0.15, -0.1) is 0 Å². The Kier molecular flexibility index (Phi) is 14.7. The van der Waals surface area contributed by atoms with E-state index in [2.05, 4.69) is 0 Å². The molecule has 7 heteroatoms. The van der Waals surface area contributed by atoms with E-state index in [1.54, 1.807) is 6.92 Å². The highest BCUT2D eigenvalue weighted by atomic mass is 16.6. The number of aliphatic hydroxyl groups excluding tert-OH is 2. The molecule has 0 unspecified atom stereocenters. The maximum Gasteiger partial charge on any atom is 0.0781 e. The summed E-state index contributed by atoms with van der Waals surface area (Å²) in [5, 5.41) is 18.1. The van der Waals surface area contributed by atoms with E-state index in [4.69, 9.17) is 28.8 Å². The predicted molar refractivity (Wildman–Crippen MR) is 95.8 cm³/mol. The van der Waals surface area contributed by atoms with Crippen LogP contribution in [-0.2, 0) is 23.7 Å². The highest BCUT2D eigenvalue weighted by molar-refractivity contribution is 4.57. The molecule has 0 radical (unpaired) electrons. The van der Waals surface area contributed by atoms with Crippen molar-refractivity contribution < 1.29 is 33.9 Å². The first-order chi connectivity index (χ1) is 11.7. The average Bonchev–Trinajstić information content (AvgIpc) is 2.58. The van der Waals surface area contributed by atoms with Crippen molar-refractivity contribution in [2.45, 2.75) is 78.2 Å². The molecule has 0 heterocycles. The molecule has 0 amide bonds. The van der Waals surface area contributed by atoms with Crippen molar-refractivity contribution in [2.75, 3.05) is 39.6 Å². The van der Waals surface area contributed by atoms with Crippen LogP contribution in [0.5, 0.6) is 0 Å². The Morgan fingerprint density at radius 3 is 1.08 bits per heavy atom. The largest absolute Gasteiger partial charge is 0.394 e. The first-order valence-corrected chi connectivity index (χ1v) is 9.11. The second kappa shape index (κ2) is 14.8. The van der Waals surface area contributed by atoms with E-state index >= 15 is 0 Å². The molecule has 0 spiro atoms. The van der Waals surface area contributed by atoms with E-state index in [0.29, 0.717) is 33.0 Å². The van der Waals surface area contributed by atoms with E-state index in [-0.39, 0.29) is 37.1 Å². The Balaban J connectivity index is 3.70. The summed E-state index contributed by atoms with van der Waals surface area (Å²) in [5.74, 6) is 0. The molecule has 0 rings (SSSR count). The molecule has 25 heavy (non-hydrogen) atoms. The van der Waals surface area contributed by atoms with Gasteiger partial charge in [-0.25, -0.2) is 0 Å². The summed E-state index contributed by atoms with van der Waals surface area (Å²) >= 11 is 0. The molecule has 0 aliphatic carbocycles. The second-order valence-electron chi connectivity index (χ2n) is 6.75. The fourth-order valence-electron chi connectivity index (χ4n) is 1.75. The van der Waals surface area contributed by atoms with Crippen LogP contribution in [0.4, 0.5) is 0 Å². The van der Waals surface area contributed by atoms with E-state index in [9.17, 15) is 5.11 Å². The van der Waals surface area contributed by atoms with Crippen LogP contribution in [-0.4, -0.2) is 86.5 Å². The highest BCUT2D eigenvalue weighted by Gasteiger charge is 2.12. The van der Waals surface area contributed by atoms with Crippen LogP contribution in [0.25, 0.3) is 0 Å². The molecule has 0 aromatic rings. The maximum atomic E-state index is 9.17. The molecule has 0 aliphatic rings. The van der Waals surface area contributed by atoms with Gasteiger partial charge in [0.25, 0.3) is 0 Å². The van der Waals surface area contributed by atoms with Gasteiger partial charge in [0.15, 0.2) is 0 Å². The van der Waals surface area contributed by atoms with Crippen molar-refractivity contribution in [2.24, 2.45) is 0 Å². The molecule has 0 saturated carbocycles. The molecule has 0 fully saturated rings. The van der Waals surface area contributed by atoms with Gasteiger partial charge in [-0.2, -0.15) is 0 Å². The Morgan fingerprint density at radius 2 is 0.800 bits per heavy atom. The van der Waals surface area contributed by atoms with Crippen molar-refractivity contribution in [3.63, 3.8) is 0 Å². The van der Waals surface area contributed by atoms with E-state index in [0.717, 1.165) is 0 Å². The van der Waals surface area contributed by atoms with Gasteiger partial charge in [0.2, 0.25) is 0 Å². The fourth-order valence-corrected chi connectivity index (χ4v) is 1.75. The minimum atomic E-state index is -0.469. The molecule has 0 aliphatic heterocycles. The smallest absolute Gasteiger partial charge is 0.0781 e. The van der Waals surface area contributed by atoms with Crippen LogP contribution < -0.4 is 0 Å². The first kappa shape index (κ1) is 24.7. The third-order valence-corrected chi connectivity index (χ3v) is 3.34. The minimum Gasteiger partial charge on any atom is -0.394 e. The van der Waals surface area contributed by atoms with Crippen molar-refractivity contribution >= 4 is 0 Å². The van der Waals surface area contributed by atoms with Gasteiger partial charge in [-0.05, 0) is 41.5 Å². The quantitative estimate of drug-likeness (QED) is 0.427. The summed E-state index contributed by atoms with van der Waals surface area (Å²) in [4.78, 5) is 0. The molecule has 0 bridgehead atoms. The van der Waals surface area contributed by atoms with Gasteiger partial charge in [0.05, 0.1) is 76.3 Å². The lowest BCUT2D eigenvalue weighted by Crippen LogP contribution is -2.29. The zero-order valence-electron chi connectivity index (χ0n) is 16.6. The zero-order chi connectivity index (χ0) is 19.2. The number of aliphatic hydroxyl groups is 2. The molecular formula is C18H38O7. The van der Waals surface area contributed by atoms with Gasteiger partial charge < -0.3 is 33.9 Å². The van der Waals surface area contributed by atoms with Gasteiger partial charge in [-0.3, -0.25) is 0 Å². The second-order valence-corrected chi connectivity index (χ2v) is 6.75. The molecule has 0 saturated heterocycles. The lowest BCUT2D eigenvalue weighted by atomic mass is 10.3. The van der Waals surface area contributed by atoms with E-state index < -0.39 is 6.10 Å². The topological polar surface area (TPSA) is 86.6 Å². The molecule has 152 valence electrons. The molecule has 0 aromatic carbocycles. The minimum absolute atomic E-state index is 0.00675. The van der Waals surface area contributed by atoms with E-state index in [1.165, 1.54) is 0 Å². The summed E-state index contributed by atoms with van der Waals surface area (Å²) < 4.78 is 27.9. The Labute approximate surface area is 152 Å². The number of hydrogen-bond donors (Lipinski definition) is 2. The van der Waals surface area contributed by atoms with Crippen molar-refractivity contribution in [1.82, 2.24) is 0 Å². The van der Waals surface area contributed by atoms with Crippen LogP contribution >= 0.6 is 0 Å². The summed E-state index contributed by atoms with van der Waals surface area (Å²) in [5.41, 5.74) is 0. The highest BCUT2D eigenvalue weighted by Crippen LogP contribution is 2.03. The fraction of sp³-hybridized carbons (Fsp3) is 1.00. The van der Waals surface area contributed by atoms with Gasteiger partial charge >= 0.3 is 0 Å². The summed E-state index contributed by atoms with van der Waals surface area (Å²) in [7, 11) is 0. The Hall–Kier alpha value is -0.280. The SMILES string of the molecule is C[C@H](CO)OC[C@@H](C)OC[C@@H](C)OC[C@@H](C)OC[C@H](C)OC[C@@H](C)O. The maximum absolute atomic E-state index is 9.17. The van der Waals surface area contributed by atoms with Crippen LogP contribution in [0.3, 0.4) is 0 Å². The lowest BCUT2D eigenvalue weighted by Gasteiger charge is -2.22. The molecular weight excluding hydrogens is 328 g/mol. The Bertz CT molecular complexity index is 301. The monoisotopic (exact) mass is 366 g/mol. The van der Waals surface area contributed by atoms with E-state index in [1.807, 2.05) is 34.6 Å². The summed E-state index contributed by atoms with van der Waals surface area (Å²) in [6, 6.07) is 0. The van der Waals surface area contributed by atoms with Crippen LogP contribution in [0.15, 0.2) is 0 Å². The third-order valence-electron chi connectivity index (χ3n) is 3.34. The predicted octanol–water partition coefficient (Wildman–Crippen LogP) is 1.39. The van der Waals surface area contributed by atoms with Crippen LogP contribution in [0.2, 0.25) is 0 Å². The summed E-state index contributed by atoms with van der Waals surface area (Å²) in [6.07, 6.45) is -0.868. The molecule has 7 nitrogen and oxygen atoms in total.